The van der Waals surface area contributed by atoms with Crippen molar-refractivity contribution < 1.29 is 14.6 Å². The maximum absolute atomic E-state index is 11.2. The number of carboxylic acid groups (broad SMARTS) is 1. The number of ether oxygens (including phenoxy) is 1. The highest BCUT2D eigenvalue weighted by Gasteiger charge is 2.43. The normalized spacial score (nSPS) is 26.9. The van der Waals surface area contributed by atoms with Crippen LogP contribution < -0.4 is 0 Å². The minimum atomic E-state index is -0.830. The first-order valence-electron chi connectivity index (χ1n) is 5.64. The van der Waals surface area contributed by atoms with Crippen LogP contribution in [-0.4, -0.2) is 22.8 Å². The lowest BCUT2D eigenvalue weighted by atomic mass is 9.83. The lowest BCUT2D eigenvalue weighted by Crippen LogP contribution is -2.47. The van der Waals surface area contributed by atoms with Gasteiger partial charge in [0.25, 0.3) is 0 Å². The van der Waals surface area contributed by atoms with Gasteiger partial charge in [-0.05, 0) is 44.9 Å². The van der Waals surface area contributed by atoms with Crippen molar-refractivity contribution in [1.29, 1.82) is 0 Å². The van der Waals surface area contributed by atoms with Crippen molar-refractivity contribution in [2.24, 2.45) is 0 Å². The Morgan fingerprint density at radius 2 is 1.79 bits per heavy atom. The van der Waals surface area contributed by atoms with Crippen LogP contribution in [0.3, 0.4) is 0 Å². The third-order valence-electron chi connectivity index (χ3n) is 3.50. The molecule has 0 radical (unpaired) electrons. The van der Waals surface area contributed by atoms with E-state index in [0.29, 0.717) is 12.8 Å². The molecule has 0 heterocycles. The van der Waals surface area contributed by atoms with Gasteiger partial charge in [-0.25, -0.2) is 4.79 Å². The minimum Gasteiger partial charge on any atom is -0.479 e. The zero-order valence-electron chi connectivity index (χ0n) is 8.50. The molecule has 2 aliphatic carbocycles. The highest BCUT2D eigenvalue weighted by molar-refractivity contribution is 5.77. The van der Waals surface area contributed by atoms with Gasteiger partial charge in [0.1, 0.15) is 0 Å². The van der Waals surface area contributed by atoms with Crippen molar-refractivity contribution in [2.45, 2.75) is 63.1 Å². The molecule has 0 spiro atoms. The van der Waals surface area contributed by atoms with Crippen molar-refractivity contribution in [2.75, 3.05) is 0 Å². The summed E-state index contributed by atoms with van der Waals surface area (Å²) in [6.45, 7) is 0. The Kier molecular flexibility index (Phi) is 2.77. The van der Waals surface area contributed by atoms with E-state index in [1.807, 2.05) is 0 Å². The maximum Gasteiger partial charge on any atom is 0.335 e. The molecule has 2 saturated carbocycles. The van der Waals surface area contributed by atoms with Crippen LogP contribution in [0.15, 0.2) is 0 Å². The van der Waals surface area contributed by atoms with E-state index in [1.165, 1.54) is 6.42 Å². The molecule has 1 N–H and O–H groups in total. The molecule has 2 fully saturated rings. The Morgan fingerprint density at radius 3 is 2.21 bits per heavy atom. The number of rotatable bonds is 3. The first-order valence-corrected chi connectivity index (χ1v) is 5.64. The molecule has 0 atom stereocenters. The fourth-order valence-electron chi connectivity index (χ4n) is 2.31. The topological polar surface area (TPSA) is 46.5 Å². The van der Waals surface area contributed by atoms with Crippen molar-refractivity contribution >= 4 is 5.97 Å². The van der Waals surface area contributed by atoms with Gasteiger partial charge in [0.05, 0.1) is 6.10 Å². The third-order valence-corrected chi connectivity index (χ3v) is 3.50. The van der Waals surface area contributed by atoms with Crippen LogP contribution >= 0.6 is 0 Å². The van der Waals surface area contributed by atoms with Gasteiger partial charge >= 0.3 is 5.97 Å². The van der Waals surface area contributed by atoms with Crippen LogP contribution in [-0.2, 0) is 9.53 Å². The summed E-state index contributed by atoms with van der Waals surface area (Å²) in [5.74, 6) is -0.746. The summed E-state index contributed by atoms with van der Waals surface area (Å²) >= 11 is 0. The molecule has 14 heavy (non-hydrogen) atoms. The second-order valence-corrected chi connectivity index (χ2v) is 4.53. The lowest BCUT2D eigenvalue weighted by molar-refractivity contribution is -0.186. The number of hydrogen-bond acceptors (Lipinski definition) is 2. The average molecular weight is 198 g/mol. The first kappa shape index (κ1) is 9.97. The summed E-state index contributed by atoms with van der Waals surface area (Å²) in [6.07, 6.45) is 8.09. The van der Waals surface area contributed by atoms with E-state index in [2.05, 4.69) is 0 Å². The Morgan fingerprint density at radius 1 is 1.14 bits per heavy atom. The fraction of sp³-hybridized carbons (Fsp3) is 0.909. The maximum atomic E-state index is 11.2. The predicted molar refractivity (Wildman–Crippen MR) is 52.2 cm³/mol. The van der Waals surface area contributed by atoms with Gasteiger partial charge < -0.3 is 9.84 Å². The van der Waals surface area contributed by atoms with Crippen LogP contribution in [0.25, 0.3) is 0 Å². The first-order chi connectivity index (χ1) is 6.73. The minimum absolute atomic E-state index is 0.226. The van der Waals surface area contributed by atoms with Crippen molar-refractivity contribution in [1.82, 2.24) is 0 Å². The SMILES string of the molecule is O=C(O)C1(OC2CCC2)CCCCC1. The van der Waals surface area contributed by atoms with Crippen LogP contribution in [0.4, 0.5) is 0 Å². The van der Waals surface area contributed by atoms with Crippen molar-refractivity contribution in [3.63, 3.8) is 0 Å². The van der Waals surface area contributed by atoms with E-state index in [1.54, 1.807) is 0 Å². The molecule has 0 aliphatic heterocycles. The Hall–Kier alpha value is -0.570. The second-order valence-electron chi connectivity index (χ2n) is 4.53. The van der Waals surface area contributed by atoms with E-state index in [-0.39, 0.29) is 6.10 Å². The molecule has 0 saturated heterocycles. The number of hydrogen-bond donors (Lipinski definition) is 1. The van der Waals surface area contributed by atoms with Crippen LogP contribution in [0, 0.1) is 0 Å². The largest absolute Gasteiger partial charge is 0.479 e. The zero-order valence-corrected chi connectivity index (χ0v) is 8.50. The zero-order chi connectivity index (χ0) is 10.0. The molecular weight excluding hydrogens is 180 g/mol. The number of carboxylic acids is 1. The summed E-state index contributed by atoms with van der Waals surface area (Å²) in [6, 6.07) is 0. The Labute approximate surface area is 84.4 Å². The molecule has 0 amide bonds. The average Bonchev–Trinajstić information content (AvgIpc) is 2.13. The van der Waals surface area contributed by atoms with Gasteiger partial charge in [-0.2, -0.15) is 0 Å². The standard InChI is InChI=1S/C11H18O3/c12-10(13)11(7-2-1-3-8-11)14-9-5-4-6-9/h9H,1-8H2,(H,12,13). The third kappa shape index (κ3) is 1.78. The summed E-state index contributed by atoms with van der Waals surface area (Å²) in [7, 11) is 0. The monoisotopic (exact) mass is 198 g/mol. The summed E-state index contributed by atoms with van der Waals surface area (Å²) < 4.78 is 5.78. The molecule has 2 rings (SSSR count). The Bertz CT molecular complexity index is 215. The molecule has 3 nitrogen and oxygen atoms in total. The molecule has 80 valence electrons. The molecule has 0 aromatic heterocycles. The molecular formula is C11H18O3. The smallest absolute Gasteiger partial charge is 0.335 e. The van der Waals surface area contributed by atoms with Crippen LogP contribution in [0.2, 0.25) is 0 Å². The highest BCUT2D eigenvalue weighted by Crippen LogP contribution is 2.36. The number of aliphatic carboxylic acids is 1. The molecule has 0 unspecified atom stereocenters. The number of carbonyl (C=O) groups is 1. The molecule has 0 aromatic rings. The quantitative estimate of drug-likeness (QED) is 0.757. The van der Waals surface area contributed by atoms with Gasteiger partial charge in [0.2, 0.25) is 0 Å². The molecule has 0 bridgehead atoms. The van der Waals surface area contributed by atoms with Gasteiger partial charge in [-0.15, -0.1) is 0 Å². The van der Waals surface area contributed by atoms with Crippen LogP contribution in [0.5, 0.6) is 0 Å². The Balaban J connectivity index is 2.00. The predicted octanol–water partition coefficient (Wildman–Crippen LogP) is 2.34. The lowest BCUT2D eigenvalue weighted by Gasteiger charge is -2.39. The van der Waals surface area contributed by atoms with Gasteiger partial charge in [-0.1, -0.05) is 6.42 Å². The summed E-state index contributed by atoms with van der Waals surface area (Å²) in [5, 5.41) is 9.23. The van der Waals surface area contributed by atoms with E-state index in [9.17, 15) is 9.90 Å². The molecule has 2 aliphatic rings. The van der Waals surface area contributed by atoms with Gasteiger partial charge in [-0.3, -0.25) is 0 Å². The summed E-state index contributed by atoms with van der Waals surface area (Å²) in [4.78, 5) is 11.2. The van der Waals surface area contributed by atoms with E-state index in [0.717, 1.165) is 32.1 Å². The van der Waals surface area contributed by atoms with Crippen molar-refractivity contribution in [3.8, 4) is 0 Å². The van der Waals surface area contributed by atoms with Gasteiger partial charge in [0, 0.05) is 0 Å². The highest BCUT2D eigenvalue weighted by atomic mass is 16.5. The van der Waals surface area contributed by atoms with E-state index < -0.39 is 11.6 Å². The second kappa shape index (κ2) is 3.89. The van der Waals surface area contributed by atoms with Gasteiger partial charge in [0.15, 0.2) is 5.60 Å². The van der Waals surface area contributed by atoms with E-state index >= 15 is 0 Å². The van der Waals surface area contributed by atoms with E-state index in [4.69, 9.17) is 4.74 Å². The summed E-state index contributed by atoms with van der Waals surface area (Å²) in [5.41, 5.74) is -0.830. The molecule has 3 heteroatoms. The van der Waals surface area contributed by atoms with Crippen LogP contribution in [0.1, 0.15) is 51.4 Å². The fourth-order valence-corrected chi connectivity index (χ4v) is 2.31. The molecule has 0 aromatic carbocycles. The van der Waals surface area contributed by atoms with Crippen molar-refractivity contribution in [3.05, 3.63) is 0 Å².